The van der Waals surface area contributed by atoms with E-state index < -0.39 is 9.05 Å². The molecule has 6 heteroatoms. The fraction of sp³-hybridized carbons (Fsp3) is 0. The van der Waals surface area contributed by atoms with E-state index in [9.17, 15) is 13.2 Å². The van der Waals surface area contributed by atoms with Crippen LogP contribution in [0.5, 0.6) is 0 Å². The van der Waals surface area contributed by atoms with Gasteiger partial charge in [-0.15, -0.1) is 0 Å². The molecule has 0 atom stereocenters. The molecular formula is C13H8Cl2O3S. The van der Waals surface area contributed by atoms with Gasteiger partial charge in [-0.05, 0) is 18.2 Å². The average molecular weight is 315 g/mol. The predicted octanol–water partition coefficient (Wildman–Crippen LogP) is 3.50. The molecule has 0 unspecified atom stereocenters. The van der Waals surface area contributed by atoms with E-state index >= 15 is 0 Å². The third kappa shape index (κ3) is 3.15. The summed E-state index contributed by atoms with van der Waals surface area (Å²) < 4.78 is 22.7. The minimum Gasteiger partial charge on any atom is -0.289 e. The molecule has 2 aromatic rings. The van der Waals surface area contributed by atoms with Crippen molar-refractivity contribution in [2.75, 3.05) is 0 Å². The van der Waals surface area contributed by atoms with Gasteiger partial charge in [0.25, 0.3) is 9.05 Å². The minimum atomic E-state index is -3.98. The minimum absolute atomic E-state index is 0.0142. The van der Waals surface area contributed by atoms with Gasteiger partial charge >= 0.3 is 0 Å². The van der Waals surface area contributed by atoms with Crippen LogP contribution in [0.1, 0.15) is 15.9 Å². The highest BCUT2D eigenvalue weighted by molar-refractivity contribution is 8.13. The molecule has 0 radical (unpaired) electrons. The lowest BCUT2D eigenvalue weighted by Gasteiger charge is -2.04. The largest absolute Gasteiger partial charge is 0.289 e. The smallest absolute Gasteiger partial charge is 0.262 e. The monoisotopic (exact) mass is 314 g/mol. The summed E-state index contributed by atoms with van der Waals surface area (Å²) in [5.74, 6) is -0.293. The highest BCUT2D eigenvalue weighted by atomic mass is 35.7. The number of carbonyl (C=O) groups excluding carboxylic acids is 1. The lowest BCUT2D eigenvalue weighted by molar-refractivity contribution is 0.103. The molecule has 2 rings (SSSR count). The van der Waals surface area contributed by atoms with Gasteiger partial charge < -0.3 is 0 Å². The Morgan fingerprint density at radius 1 is 0.947 bits per heavy atom. The Bertz CT molecular complexity index is 725. The Hall–Kier alpha value is -1.36. The van der Waals surface area contributed by atoms with Gasteiger partial charge in [-0.3, -0.25) is 4.79 Å². The van der Waals surface area contributed by atoms with Crippen molar-refractivity contribution in [1.82, 2.24) is 0 Å². The van der Waals surface area contributed by atoms with Crippen LogP contribution in [-0.2, 0) is 9.05 Å². The zero-order valence-electron chi connectivity index (χ0n) is 9.51. The van der Waals surface area contributed by atoms with Crippen LogP contribution in [0.15, 0.2) is 53.4 Å². The molecule has 0 aliphatic carbocycles. The van der Waals surface area contributed by atoms with Gasteiger partial charge in [-0.25, -0.2) is 8.42 Å². The Balaban J connectivity index is 2.51. The Morgan fingerprint density at radius 3 is 2.16 bits per heavy atom. The maximum Gasteiger partial charge on any atom is 0.262 e. The second-order valence-corrected chi connectivity index (χ2v) is 6.72. The molecule has 0 aliphatic heterocycles. The van der Waals surface area contributed by atoms with Crippen molar-refractivity contribution in [2.45, 2.75) is 4.90 Å². The second kappa shape index (κ2) is 5.33. The van der Waals surface area contributed by atoms with Gasteiger partial charge in [-0.1, -0.05) is 41.9 Å². The van der Waals surface area contributed by atoms with E-state index in [0.29, 0.717) is 5.56 Å². The molecule has 0 bridgehead atoms. The molecule has 0 amide bonds. The van der Waals surface area contributed by atoms with E-state index in [0.717, 1.165) is 0 Å². The highest BCUT2D eigenvalue weighted by Gasteiger charge is 2.18. The number of ketones is 1. The predicted molar refractivity (Wildman–Crippen MR) is 74.4 cm³/mol. The topological polar surface area (TPSA) is 51.2 Å². The molecule has 0 N–H and O–H groups in total. The van der Waals surface area contributed by atoms with Crippen molar-refractivity contribution in [1.29, 1.82) is 0 Å². The maximum absolute atomic E-state index is 12.2. The van der Waals surface area contributed by atoms with Gasteiger partial charge in [0.05, 0.1) is 5.02 Å². The van der Waals surface area contributed by atoms with Crippen LogP contribution in [-0.4, -0.2) is 14.2 Å². The summed E-state index contributed by atoms with van der Waals surface area (Å²) in [5, 5.41) is -0.0142. The lowest BCUT2D eigenvalue weighted by Crippen LogP contribution is -2.03. The van der Waals surface area contributed by atoms with E-state index in [1.54, 1.807) is 30.3 Å². The van der Waals surface area contributed by atoms with Gasteiger partial charge in [0.15, 0.2) is 5.78 Å². The first-order valence-corrected chi connectivity index (χ1v) is 7.92. The zero-order chi connectivity index (χ0) is 14.0. The summed E-state index contributed by atoms with van der Waals surface area (Å²) in [6.45, 7) is 0. The lowest BCUT2D eigenvalue weighted by atomic mass is 10.0. The standard InChI is InChI=1S/C13H8Cl2O3S/c14-11-7-6-10(8-12(11)19(15,17)18)13(16)9-4-2-1-3-5-9/h1-8H. The van der Waals surface area contributed by atoms with E-state index in [-0.39, 0.29) is 21.3 Å². The third-order valence-corrected chi connectivity index (χ3v) is 4.30. The summed E-state index contributed by atoms with van der Waals surface area (Å²) in [4.78, 5) is 11.9. The molecular weight excluding hydrogens is 307 g/mol. The molecule has 0 saturated carbocycles. The van der Waals surface area contributed by atoms with Crippen LogP contribution in [0.4, 0.5) is 0 Å². The number of carbonyl (C=O) groups is 1. The van der Waals surface area contributed by atoms with Crippen molar-refractivity contribution in [3.63, 3.8) is 0 Å². The molecule has 0 aromatic heterocycles. The summed E-state index contributed by atoms with van der Waals surface area (Å²) in [7, 11) is 1.28. The molecule has 0 aliphatic rings. The maximum atomic E-state index is 12.2. The van der Waals surface area contributed by atoms with E-state index in [2.05, 4.69) is 0 Å². The summed E-state index contributed by atoms with van der Waals surface area (Å²) >= 11 is 5.76. The van der Waals surface area contributed by atoms with Crippen LogP contribution < -0.4 is 0 Å². The fourth-order valence-electron chi connectivity index (χ4n) is 1.59. The molecule has 0 heterocycles. The summed E-state index contributed by atoms with van der Waals surface area (Å²) in [5.41, 5.74) is 0.678. The first kappa shape index (κ1) is 14.1. The number of benzene rings is 2. The summed E-state index contributed by atoms with van der Waals surface area (Å²) in [6.07, 6.45) is 0. The molecule has 0 spiro atoms. The van der Waals surface area contributed by atoms with Crippen molar-refractivity contribution in [3.05, 3.63) is 64.7 Å². The Kier molecular flexibility index (Phi) is 3.94. The van der Waals surface area contributed by atoms with Gasteiger partial charge in [-0.2, -0.15) is 0 Å². The van der Waals surface area contributed by atoms with E-state index in [1.807, 2.05) is 0 Å². The first-order chi connectivity index (χ1) is 8.89. The van der Waals surface area contributed by atoms with Gasteiger partial charge in [0, 0.05) is 21.8 Å². The van der Waals surface area contributed by atoms with Crippen LogP contribution >= 0.6 is 22.3 Å². The second-order valence-electron chi connectivity index (χ2n) is 3.78. The molecule has 3 nitrogen and oxygen atoms in total. The van der Waals surface area contributed by atoms with Crippen molar-refractivity contribution in [3.8, 4) is 0 Å². The molecule has 0 saturated heterocycles. The SMILES string of the molecule is O=C(c1ccccc1)c1ccc(Cl)c(S(=O)(=O)Cl)c1. The van der Waals surface area contributed by atoms with E-state index in [4.69, 9.17) is 22.3 Å². The zero-order valence-corrected chi connectivity index (χ0v) is 11.8. The van der Waals surface area contributed by atoms with Gasteiger partial charge in [0.2, 0.25) is 0 Å². The first-order valence-electron chi connectivity index (χ1n) is 5.23. The van der Waals surface area contributed by atoms with E-state index in [1.165, 1.54) is 18.2 Å². The quantitative estimate of drug-likeness (QED) is 0.643. The third-order valence-electron chi connectivity index (χ3n) is 2.49. The fourth-order valence-corrected chi connectivity index (χ4v) is 3.08. The number of rotatable bonds is 3. The molecule has 19 heavy (non-hydrogen) atoms. The number of halogens is 2. The molecule has 0 fully saturated rings. The molecule has 98 valence electrons. The van der Waals surface area contributed by atoms with Crippen LogP contribution in [0.3, 0.4) is 0 Å². The van der Waals surface area contributed by atoms with Crippen LogP contribution in [0, 0.1) is 0 Å². The van der Waals surface area contributed by atoms with Crippen molar-refractivity contribution < 1.29 is 13.2 Å². The number of hydrogen-bond acceptors (Lipinski definition) is 3. The van der Waals surface area contributed by atoms with Gasteiger partial charge in [0.1, 0.15) is 4.90 Å². The highest BCUT2D eigenvalue weighted by Crippen LogP contribution is 2.26. The van der Waals surface area contributed by atoms with Crippen LogP contribution in [0.2, 0.25) is 5.02 Å². The van der Waals surface area contributed by atoms with Crippen molar-refractivity contribution >= 4 is 37.1 Å². The molecule has 2 aromatic carbocycles. The summed E-state index contributed by atoms with van der Waals surface area (Å²) in [6, 6.07) is 12.5. The Morgan fingerprint density at radius 2 is 1.58 bits per heavy atom. The average Bonchev–Trinajstić information content (AvgIpc) is 2.38. The number of hydrogen-bond donors (Lipinski definition) is 0. The van der Waals surface area contributed by atoms with Crippen molar-refractivity contribution in [2.24, 2.45) is 0 Å². The normalized spacial score (nSPS) is 11.3. The Labute approximate surface area is 120 Å². The van der Waals surface area contributed by atoms with Crippen LogP contribution in [0.25, 0.3) is 0 Å².